The second-order valence-corrected chi connectivity index (χ2v) is 9.09. The molecule has 1 aromatic heterocycles. The Bertz CT molecular complexity index is 1500. The van der Waals surface area contributed by atoms with Crippen LogP contribution < -0.4 is 5.32 Å². The molecule has 1 amide bonds. The zero-order valence-corrected chi connectivity index (χ0v) is 20.4. The molecule has 0 fully saturated rings. The fourth-order valence-electron chi connectivity index (χ4n) is 4.85. The minimum atomic E-state index is -1.28. The van der Waals surface area contributed by atoms with Crippen LogP contribution in [0.4, 0.5) is 10.5 Å². The van der Waals surface area contributed by atoms with E-state index in [1.807, 2.05) is 48.5 Å². The van der Waals surface area contributed by atoms with Crippen LogP contribution in [0.25, 0.3) is 22.5 Å². The van der Waals surface area contributed by atoms with Crippen molar-refractivity contribution in [1.29, 1.82) is 0 Å². The third kappa shape index (κ3) is 4.86. The summed E-state index contributed by atoms with van der Waals surface area (Å²) in [7, 11) is 0. The zero-order chi connectivity index (χ0) is 26.8. The number of carbonyl (C=O) groups is 2. The Morgan fingerprint density at radius 1 is 1.00 bits per heavy atom. The molecule has 3 aromatic carbocycles. The van der Waals surface area contributed by atoms with Crippen LogP contribution in [-0.2, 0) is 16.0 Å². The van der Waals surface area contributed by atoms with E-state index in [2.05, 4.69) is 5.32 Å². The van der Waals surface area contributed by atoms with Crippen LogP contribution in [0.5, 0.6) is 0 Å². The Balaban J connectivity index is 1.24. The molecule has 0 radical (unpaired) electrons. The first kappa shape index (κ1) is 24.8. The Labute approximate surface area is 217 Å². The molecule has 0 saturated heterocycles. The zero-order valence-electron chi connectivity index (χ0n) is 20.4. The van der Waals surface area contributed by atoms with Gasteiger partial charge in [0.15, 0.2) is 0 Å². The van der Waals surface area contributed by atoms with Crippen molar-refractivity contribution in [3.8, 4) is 22.5 Å². The smallest absolute Gasteiger partial charge is 0.407 e. The molecule has 1 atom stereocenters. The molecule has 0 aliphatic heterocycles. The highest BCUT2D eigenvalue weighted by molar-refractivity contribution is 5.81. The van der Waals surface area contributed by atoms with Gasteiger partial charge in [0.1, 0.15) is 24.2 Å². The molecule has 1 aliphatic rings. The predicted octanol–water partition coefficient (Wildman–Crippen LogP) is 5.70. The number of hydrogen-bond acceptors (Lipinski definition) is 6. The minimum Gasteiger partial charge on any atom is -0.480 e. The fourth-order valence-corrected chi connectivity index (χ4v) is 4.85. The molecule has 9 heteroatoms. The van der Waals surface area contributed by atoms with E-state index in [4.69, 9.17) is 9.15 Å². The van der Waals surface area contributed by atoms with Gasteiger partial charge < -0.3 is 19.6 Å². The van der Waals surface area contributed by atoms with Crippen molar-refractivity contribution in [3.05, 3.63) is 111 Å². The van der Waals surface area contributed by atoms with Gasteiger partial charge in [0.05, 0.1) is 4.92 Å². The molecular formula is C29H24N2O7. The first-order valence-electron chi connectivity index (χ1n) is 12.0. The van der Waals surface area contributed by atoms with Gasteiger partial charge in [-0.25, -0.2) is 9.59 Å². The SMILES string of the molecule is Cc1cc([N+](=O)[O-])ccc1-c1ccc(CC(NC(=O)OCC2c3ccccc3-c3ccccc32)C(=O)O)o1. The Kier molecular flexibility index (Phi) is 6.66. The lowest BCUT2D eigenvalue weighted by molar-refractivity contribution is -0.384. The van der Waals surface area contributed by atoms with Crippen molar-refractivity contribution in [1.82, 2.24) is 5.32 Å². The van der Waals surface area contributed by atoms with E-state index in [1.165, 1.54) is 12.1 Å². The molecule has 1 aliphatic carbocycles. The van der Waals surface area contributed by atoms with Crippen molar-refractivity contribution in [2.45, 2.75) is 25.3 Å². The monoisotopic (exact) mass is 512 g/mol. The molecule has 9 nitrogen and oxygen atoms in total. The summed E-state index contributed by atoms with van der Waals surface area (Å²) < 4.78 is 11.3. The first-order valence-corrected chi connectivity index (χ1v) is 12.0. The molecule has 0 saturated carbocycles. The van der Waals surface area contributed by atoms with Gasteiger partial charge in [0.2, 0.25) is 0 Å². The summed E-state index contributed by atoms with van der Waals surface area (Å²) >= 11 is 0. The quantitative estimate of drug-likeness (QED) is 0.229. The summed E-state index contributed by atoms with van der Waals surface area (Å²) in [5.74, 6) is -0.598. The Morgan fingerprint density at radius 3 is 2.26 bits per heavy atom. The number of furan rings is 1. The number of carboxylic acids is 1. The fraction of sp³-hybridized carbons (Fsp3) is 0.172. The Morgan fingerprint density at radius 2 is 1.66 bits per heavy atom. The lowest BCUT2D eigenvalue weighted by Crippen LogP contribution is -2.42. The number of carboxylic acid groups (broad SMARTS) is 1. The van der Waals surface area contributed by atoms with Gasteiger partial charge in [-0.2, -0.15) is 0 Å². The van der Waals surface area contributed by atoms with Crippen molar-refractivity contribution in [2.24, 2.45) is 0 Å². The van der Waals surface area contributed by atoms with Gasteiger partial charge in [-0.15, -0.1) is 0 Å². The van der Waals surface area contributed by atoms with Crippen LogP contribution in [0.3, 0.4) is 0 Å². The van der Waals surface area contributed by atoms with E-state index in [0.29, 0.717) is 22.6 Å². The molecule has 0 spiro atoms. The van der Waals surface area contributed by atoms with Crippen LogP contribution in [0, 0.1) is 17.0 Å². The number of amides is 1. The number of nitrogens with zero attached hydrogens (tertiary/aromatic N) is 1. The minimum absolute atomic E-state index is 0.0312. The molecular weight excluding hydrogens is 488 g/mol. The number of hydrogen-bond donors (Lipinski definition) is 2. The predicted molar refractivity (Wildman–Crippen MR) is 139 cm³/mol. The molecule has 2 N–H and O–H groups in total. The van der Waals surface area contributed by atoms with Crippen LogP contribution >= 0.6 is 0 Å². The number of aryl methyl sites for hydroxylation is 1. The van der Waals surface area contributed by atoms with Crippen molar-refractivity contribution >= 4 is 17.7 Å². The molecule has 38 heavy (non-hydrogen) atoms. The summed E-state index contributed by atoms with van der Waals surface area (Å²) in [5.41, 5.74) is 5.57. The standard InChI is InChI=1S/C29H24N2O7/c1-17-14-18(31(35)36)10-12-20(17)27-13-11-19(38-27)15-26(28(32)33)30-29(34)37-16-25-23-8-4-2-6-21(23)22-7-3-5-9-24(22)25/h2-14,25-26H,15-16H2,1H3,(H,30,34)(H,32,33). The highest BCUT2D eigenvalue weighted by atomic mass is 16.6. The number of nitro benzene ring substituents is 1. The number of fused-ring (bicyclic) bond motifs is 3. The number of non-ortho nitro benzene ring substituents is 1. The Hall–Kier alpha value is -4.92. The van der Waals surface area contributed by atoms with Gasteiger partial charge in [-0.3, -0.25) is 10.1 Å². The van der Waals surface area contributed by atoms with Gasteiger partial charge >= 0.3 is 12.1 Å². The number of aliphatic carboxylic acids is 1. The molecule has 1 unspecified atom stereocenters. The molecule has 192 valence electrons. The maximum absolute atomic E-state index is 12.6. The summed E-state index contributed by atoms with van der Waals surface area (Å²) in [6.45, 7) is 1.79. The highest BCUT2D eigenvalue weighted by Gasteiger charge is 2.30. The third-order valence-electron chi connectivity index (χ3n) is 6.69. The van der Waals surface area contributed by atoms with Crippen LogP contribution in [0.1, 0.15) is 28.4 Å². The molecule has 5 rings (SSSR count). The maximum Gasteiger partial charge on any atom is 0.407 e. The number of nitrogens with one attached hydrogen (secondary N) is 1. The van der Waals surface area contributed by atoms with Crippen molar-refractivity contribution < 1.29 is 28.8 Å². The van der Waals surface area contributed by atoms with Gasteiger partial charge in [-0.05, 0) is 52.9 Å². The van der Waals surface area contributed by atoms with E-state index < -0.39 is 23.0 Å². The number of benzene rings is 3. The van der Waals surface area contributed by atoms with Crippen LogP contribution in [-0.4, -0.2) is 34.7 Å². The van der Waals surface area contributed by atoms with Gasteiger partial charge in [0, 0.05) is 30.0 Å². The second kappa shape index (κ2) is 10.2. The second-order valence-electron chi connectivity index (χ2n) is 9.09. The number of rotatable bonds is 8. The number of carbonyl (C=O) groups excluding carboxylic acids is 1. The third-order valence-corrected chi connectivity index (χ3v) is 6.69. The van der Waals surface area contributed by atoms with Crippen LogP contribution in [0.2, 0.25) is 0 Å². The normalized spacial score (nSPS) is 12.9. The van der Waals surface area contributed by atoms with E-state index in [0.717, 1.165) is 22.3 Å². The summed E-state index contributed by atoms with van der Waals surface area (Å²) in [5, 5.41) is 23.1. The molecule has 4 aromatic rings. The van der Waals surface area contributed by atoms with E-state index >= 15 is 0 Å². The highest BCUT2D eigenvalue weighted by Crippen LogP contribution is 2.44. The van der Waals surface area contributed by atoms with Crippen molar-refractivity contribution in [3.63, 3.8) is 0 Å². The number of alkyl carbamates (subject to hydrolysis) is 1. The lowest BCUT2D eigenvalue weighted by atomic mass is 9.98. The summed E-state index contributed by atoms with van der Waals surface area (Å²) in [6.07, 6.45) is -0.941. The van der Waals surface area contributed by atoms with E-state index in [9.17, 15) is 24.8 Å². The van der Waals surface area contributed by atoms with Gasteiger partial charge in [0.25, 0.3) is 5.69 Å². The van der Waals surface area contributed by atoms with Gasteiger partial charge in [-0.1, -0.05) is 48.5 Å². The average Bonchev–Trinajstić information content (AvgIpc) is 3.49. The molecule has 0 bridgehead atoms. The summed E-state index contributed by atoms with van der Waals surface area (Å²) in [4.78, 5) is 35.0. The molecule has 1 heterocycles. The summed E-state index contributed by atoms with van der Waals surface area (Å²) in [6, 6.07) is 22.3. The lowest BCUT2D eigenvalue weighted by Gasteiger charge is -2.17. The van der Waals surface area contributed by atoms with Crippen LogP contribution in [0.15, 0.2) is 83.3 Å². The number of ether oxygens (including phenoxy) is 1. The van der Waals surface area contributed by atoms with E-state index in [1.54, 1.807) is 25.1 Å². The first-order chi connectivity index (χ1) is 18.3. The maximum atomic E-state index is 12.6. The van der Waals surface area contributed by atoms with E-state index in [-0.39, 0.29) is 24.6 Å². The average molecular weight is 513 g/mol. The topological polar surface area (TPSA) is 132 Å². The largest absolute Gasteiger partial charge is 0.480 e. The number of nitro groups is 1. The van der Waals surface area contributed by atoms with Crippen molar-refractivity contribution in [2.75, 3.05) is 6.61 Å².